The van der Waals surface area contributed by atoms with Gasteiger partial charge in [-0.05, 0) is 41.9 Å². The van der Waals surface area contributed by atoms with Gasteiger partial charge in [-0.25, -0.2) is 13.1 Å². The Morgan fingerprint density at radius 1 is 1.26 bits per heavy atom. The smallest absolute Gasteiger partial charge is 0.240 e. The Balaban J connectivity index is 1.88. The molecule has 1 aromatic carbocycles. The van der Waals surface area contributed by atoms with E-state index in [9.17, 15) is 13.5 Å². The maximum Gasteiger partial charge on any atom is 0.240 e. The molecule has 0 saturated heterocycles. The van der Waals surface area contributed by atoms with Gasteiger partial charge in [-0.2, -0.15) is 0 Å². The van der Waals surface area contributed by atoms with Gasteiger partial charge < -0.3 is 5.11 Å². The number of sulfonamides is 1. The van der Waals surface area contributed by atoms with Crippen LogP contribution in [-0.4, -0.2) is 25.7 Å². The summed E-state index contributed by atoms with van der Waals surface area (Å²) < 4.78 is 28.1. The van der Waals surface area contributed by atoms with Crippen LogP contribution in [0.15, 0.2) is 35.7 Å². The van der Waals surface area contributed by atoms with Gasteiger partial charge in [0.15, 0.2) is 0 Å². The number of hydrogen-bond donors (Lipinski definition) is 2. The van der Waals surface area contributed by atoms with Crippen molar-refractivity contribution in [3.8, 4) is 0 Å². The summed E-state index contributed by atoms with van der Waals surface area (Å²) in [6, 6.07) is 6.18. The minimum absolute atomic E-state index is 0.0771. The fourth-order valence-electron chi connectivity index (χ4n) is 4.51. The molecule has 0 aliphatic heterocycles. The minimum atomic E-state index is -3.65. The van der Waals surface area contributed by atoms with E-state index in [1.165, 1.54) is 0 Å². The zero-order valence-corrected chi connectivity index (χ0v) is 14.7. The maximum absolute atomic E-state index is 12.7. The lowest BCUT2D eigenvalue weighted by Gasteiger charge is -2.37. The molecule has 4 nitrogen and oxygen atoms in total. The molecule has 4 atom stereocenters. The van der Waals surface area contributed by atoms with Crippen molar-refractivity contribution in [3.05, 3.63) is 36.4 Å². The second-order valence-corrected chi connectivity index (χ2v) is 9.36. The lowest BCUT2D eigenvalue weighted by atomic mass is 9.70. The molecular weight excluding hydrogens is 310 g/mol. The van der Waals surface area contributed by atoms with Crippen LogP contribution >= 0.6 is 0 Å². The highest BCUT2D eigenvalue weighted by atomic mass is 32.2. The zero-order valence-electron chi connectivity index (χ0n) is 13.9. The Morgan fingerprint density at radius 2 is 1.87 bits per heavy atom. The van der Waals surface area contributed by atoms with Crippen LogP contribution in [0.3, 0.4) is 0 Å². The summed E-state index contributed by atoms with van der Waals surface area (Å²) >= 11 is 0. The maximum atomic E-state index is 12.7. The van der Waals surface area contributed by atoms with E-state index in [-0.39, 0.29) is 21.6 Å². The molecule has 1 aromatic rings. The van der Waals surface area contributed by atoms with Crippen molar-refractivity contribution in [2.24, 2.45) is 16.7 Å². The predicted molar refractivity (Wildman–Crippen MR) is 91.3 cm³/mol. The molecule has 0 heterocycles. The second-order valence-electron chi connectivity index (χ2n) is 7.65. The number of aliphatic hydroxyl groups is 1. The number of benzene rings is 1. The van der Waals surface area contributed by atoms with Gasteiger partial charge in [0, 0.05) is 5.41 Å². The molecule has 0 aromatic heterocycles. The fraction of sp³-hybridized carbons (Fsp3) is 0.556. The van der Waals surface area contributed by atoms with E-state index >= 15 is 0 Å². The van der Waals surface area contributed by atoms with Gasteiger partial charge in [-0.3, -0.25) is 0 Å². The van der Waals surface area contributed by atoms with E-state index in [0.717, 1.165) is 18.4 Å². The molecular formula is C18H25NO3S. The molecule has 3 rings (SSSR count). The first-order chi connectivity index (χ1) is 10.6. The van der Waals surface area contributed by atoms with Crippen LogP contribution in [-0.2, 0) is 10.0 Å². The van der Waals surface area contributed by atoms with Crippen LogP contribution in [0.25, 0.3) is 6.08 Å². The SMILES string of the molecule is C=Cc1ccc(S(=O)(=O)N[C@H]2[C@H]3CC[C@@](C)([C@H]2O)C3(C)C)cc1. The summed E-state index contributed by atoms with van der Waals surface area (Å²) in [6.45, 7) is 10.0. The molecule has 2 fully saturated rings. The molecule has 0 amide bonds. The highest BCUT2D eigenvalue weighted by Crippen LogP contribution is 2.65. The first-order valence-electron chi connectivity index (χ1n) is 8.06. The molecule has 2 N–H and O–H groups in total. The van der Waals surface area contributed by atoms with Crippen molar-refractivity contribution in [1.29, 1.82) is 0 Å². The number of hydrogen-bond acceptors (Lipinski definition) is 3. The Bertz CT molecular complexity index is 723. The quantitative estimate of drug-likeness (QED) is 0.889. The van der Waals surface area contributed by atoms with Gasteiger partial charge in [-0.1, -0.05) is 45.6 Å². The Kier molecular flexibility index (Phi) is 3.74. The standard InChI is InChI=1S/C18H25NO3S/c1-5-12-6-8-13(9-7-12)23(21,22)19-15-14-10-11-18(4,16(15)20)17(14,2)3/h5-9,14-16,19-20H,1,10-11H2,2-4H3/t14-,15+,16+,18+/m1/s1. The number of nitrogens with one attached hydrogen (secondary N) is 1. The highest BCUT2D eigenvalue weighted by molar-refractivity contribution is 7.89. The molecule has 2 bridgehead atoms. The molecule has 0 spiro atoms. The van der Waals surface area contributed by atoms with Crippen molar-refractivity contribution in [2.75, 3.05) is 0 Å². The normalized spacial score (nSPS) is 35.4. The summed E-state index contributed by atoms with van der Waals surface area (Å²) in [5.41, 5.74) is 0.557. The monoisotopic (exact) mass is 335 g/mol. The molecule has 2 saturated carbocycles. The van der Waals surface area contributed by atoms with Crippen molar-refractivity contribution >= 4 is 16.1 Å². The van der Waals surface area contributed by atoms with Crippen molar-refractivity contribution in [2.45, 2.75) is 50.7 Å². The average Bonchev–Trinajstić information content (AvgIpc) is 2.81. The predicted octanol–water partition coefficient (Wildman–Crippen LogP) is 2.79. The van der Waals surface area contributed by atoms with E-state index in [2.05, 4.69) is 32.1 Å². The van der Waals surface area contributed by atoms with E-state index in [1.807, 2.05) is 0 Å². The molecule has 0 unspecified atom stereocenters. The summed E-state index contributed by atoms with van der Waals surface area (Å²) in [5, 5.41) is 10.7. The van der Waals surface area contributed by atoms with E-state index in [4.69, 9.17) is 0 Å². The summed E-state index contributed by atoms with van der Waals surface area (Å²) in [7, 11) is -3.65. The van der Waals surface area contributed by atoms with Crippen molar-refractivity contribution < 1.29 is 13.5 Å². The third-order valence-corrected chi connectivity index (χ3v) is 7.99. The number of fused-ring (bicyclic) bond motifs is 2. The largest absolute Gasteiger partial charge is 0.391 e. The Hall–Kier alpha value is -1.17. The second kappa shape index (κ2) is 5.16. The van der Waals surface area contributed by atoms with Crippen LogP contribution in [0.1, 0.15) is 39.2 Å². The van der Waals surface area contributed by atoms with Gasteiger partial charge in [0.2, 0.25) is 10.0 Å². The number of rotatable bonds is 4. The summed E-state index contributed by atoms with van der Waals surface area (Å²) in [4.78, 5) is 0.223. The van der Waals surface area contributed by atoms with Gasteiger partial charge in [0.25, 0.3) is 0 Å². The lowest BCUT2D eigenvalue weighted by molar-refractivity contribution is 0.00348. The summed E-state index contributed by atoms with van der Waals surface area (Å²) in [5.74, 6) is 0.157. The van der Waals surface area contributed by atoms with E-state index in [1.54, 1.807) is 30.3 Å². The minimum Gasteiger partial charge on any atom is -0.391 e. The fourth-order valence-corrected chi connectivity index (χ4v) is 5.79. The van der Waals surface area contributed by atoms with Crippen LogP contribution < -0.4 is 4.72 Å². The average molecular weight is 335 g/mol. The molecule has 126 valence electrons. The van der Waals surface area contributed by atoms with E-state index in [0.29, 0.717) is 0 Å². The van der Waals surface area contributed by atoms with Crippen LogP contribution in [0, 0.1) is 16.7 Å². The molecule has 23 heavy (non-hydrogen) atoms. The Morgan fingerprint density at radius 3 is 2.35 bits per heavy atom. The van der Waals surface area contributed by atoms with Gasteiger partial charge in [0.05, 0.1) is 17.0 Å². The van der Waals surface area contributed by atoms with Crippen LogP contribution in [0.2, 0.25) is 0 Å². The lowest BCUT2D eigenvalue weighted by Crippen LogP contribution is -2.49. The van der Waals surface area contributed by atoms with E-state index < -0.39 is 22.2 Å². The Labute approximate surface area is 138 Å². The number of aliphatic hydroxyl groups excluding tert-OH is 1. The molecule has 2 aliphatic carbocycles. The topological polar surface area (TPSA) is 66.4 Å². The van der Waals surface area contributed by atoms with Crippen molar-refractivity contribution in [1.82, 2.24) is 4.72 Å². The molecule has 2 aliphatic rings. The van der Waals surface area contributed by atoms with Gasteiger partial charge >= 0.3 is 0 Å². The van der Waals surface area contributed by atoms with Crippen LogP contribution in [0.5, 0.6) is 0 Å². The van der Waals surface area contributed by atoms with Gasteiger partial charge in [0.1, 0.15) is 0 Å². The first-order valence-corrected chi connectivity index (χ1v) is 9.55. The summed E-state index contributed by atoms with van der Waals surface area (Å²) in [6.07, 6.45) is 2.91. The zero-order chi connectivity index (χ0) is 17.0. The first kappa shape index (κ1) is 16.7. The van der Waals surface area contributed by atoms with Gasteiger partial charge in [-0.15, -0.1) is 0 Å². The highest BCUT2D eigenvalue weighted by Gasteiger charge is 2.66. The van der Waals surface area contributed by atoms with Crippen LogP contribution in [0.4, 0.5) is 0 Å². The molecule has 0 radical (unpaired) electrons. The third-order valence-electron chi connectivity index (χ3n) is 6.52. The molecule has 5 heteroatoms. The van der Waals surface area contributed by atoms with Crippen molar-refractivity contribution in [3.63, 3.8) is 0 Å². The third kappa shape index (κ3) is 2.29.